The van der Waals surface area contributed by atoms with Crippen molar-refractivity contribution in [2.45, 2.75) is 44.2 Å². The number of nitrogens with zero attached hydrogens (tertiary/aromatic N) is 1. The zero-order chi connectivity index (χ0) is 15.3. The molecule has 4 nitrogen and oxygen atoms in total. The molecule has 1 aromatic rings. The summed E-state index contributed by atoms with van der Waals surface area (Å²) in [5.74, 6) is -0.367. The zero-order valence-corrected chi connectivity index (χ0v) is 13.0. The van der Waals surface area contributed by atoms with Crippen LogP contribution in [0.1, 0.15) is 38.2 Å². The Balaban J connectivity index is 2.26. The van der Waals surface area contributed by atoms with Crippen molar-refractivity contribution in [1.82, 2.24) is 4.90 Å². The van der Waals surface area contributed by atoms with Gasteiger partial charge in [-0.2, -0.15) is 0 Å². The zero-order valence-electron chi connectivity index (χ0n) is 13.0. The summed E-state index contributed by atoms with van der Waals surface area (Å²) in [6.45, 7) is 3.71. The van der Waals surface area contributed by atoms with Gasteiger partial charge in [-0.1, -0.05) is 43.7 Å². The molecule has 0 saturated carbocycles. The second-order valence-corrected chi connectivity index (χ2v) is 5.86. The van der Waals surface area contributed by atoms with Crippen LogP contribution in [0.3, 0.4) is 0 Å². The highest BCUT2D eigenvalue weighted by atomic mass is 16.5. The van der Waals surface area contributed by atoms with Gasteiger partial charge in [-0.05, 0) is 31.4 Å². The molecule has 1 fully saturated rings. The number of hydrogen-bond acceptors (Lipinski definition) is 4. The third kappa shape index (κ3) is 3.44. The van der Waals surface area contributed by atoms with E-state index in [0.717, 1.165) is 18.5 Å². The van der Waals surface area contributed by atoms with Gasteiger partial charge in [0.1, 0.15) is 0 Å². The number of carbonyl (C=O) groups is 1. The van der Waals surface area contributed by atoms with Crippen LogP contribution in [0.5, 0.6) is 0 Å². The van der Waals surface area contributed by atoms with Crippen LogP contribution in [0.4, 0.5) is 0 Å². The molecular weight excluding hydrogens is 264 g/mol. The molecule has 0 aromatic heterocycles. The van der Waals surface area contributed by atoms with E-state index < -0.39 is 5.54 Å². The highest BCUT2D eigenvalue weighted by Gasteiger charge is 2.40. The topological polar surface area (TPSA) is 55.6 Å². The van der Waals surface area contributed by atoms with Crippen LogP contribution in [0.25, 0.3) is 0 Å². The fourth-order valence-corrected chi connectivity index (χ4v) is 3.24. The van der Waals surface area contributed by atoms with Crippen LogP contribution in [0.2, 0.25) is 0 Å². The number of ether oxygens (including phenoxy) is 1. The van der Waals surface area contributed by atoms with E-state index in [1.54, 1.807) is 0 Å². The number of methoxy groups -OCH3 is 1. The molecule has 4 heteroatoms. The molecule has 0 bridgehead atoms. The molecule has 2 atom stereocenters. The Bertz CT molecular complexity index is 463. The Hall–Kier alpha value is -1.39. The van der Waals surface area contributed by atoms with Crippen LogP contribution in [-0.4, -0.2) is 37.1 Å². The second kappa shape index (κ2) is 7.05. The SMILES string of the molecule is CCC1CCCCN1CC(N)(C(=O)OC)c1ccccc1. The summed E-state index contributed by atoms with van der Waals surface area (Å²) in [6, 6.07) is 10.1. The molecular formula is C17H26N2O2. The highest BCUT2D eigenvalue weighted by Crippen LogP contribution is 2.26. The van der Waals surface area contributed by atoms with Crippen molar-refractivity contribution in [2.24, 2.45) is 5.73 Å². The third-order valence-corrected chi connectivity index (χ3v) is 4.51. The van der Waals surface area contributed by atoms with Gasteiger partial charge in [0.15, 0.2) is 5.54 Å². The van der Waals surface area contributed by atoms with Gasteiger partial charge >= 0.3 is 5.97 Å². The van der Waals surface area contributed by atoms with Crippen LogP contribution >= 0.6 is 0 Å². The molecule has 0 spiro atoms. The first-order valence-electron chi connectivity index (χ1n) is 7.78. The van der Waals surface area contributed by atoms with E-state index in [1.807, 2.05) is 30.3 Å². The number of likely N-dealkylation sites (tertiary alicyclic amines) is 1. The van der Waals surface area contributed by atoms with Gasteiger partial charge in [-0.3, -0.25) is 4.90 Å². The number of nitrogens with two attached hydrogens (primary N) is 1. The van der Waals surface area contributed by atoms with Crippen LogP contribution < -0.4 is 5.73 Å². The number of rotatable bonds is 5. The van der Waals surface area contributed by atoms with Crippen LogP contribution in [0.15, 0.2) is 30.3 Å². The van der Waals surface area contributed by atoms with E-state index in [1.165, 1.54) is 26.4 Å². The predicted octanol–water partition coefficient (Wildman–Crippen LogP) is 2.28. The van der Waals surface area contributed by atoms with Crippen molar-refractivity contribution in [1.29, 1.82) is 0 Å². The Labute approximate surface area is 127 Å². The van der Waals surface area contributed by atoms with Crippen molar-refractivity contribution in [3.05, 3.63) is 35.9 Å². The molecule has 1 saturated heterocycles. The van der Waals surface area contributed by atoms with Crippen molar-refractivity contribution < 1.29 is 9.53 Å². The van der Waals surface area contributed by atoms with Gasteiger partial charge < -0.3 is 10.5 Å². The third-order valence-electron chi connectivity index (χ3n) is 4.51. The molecule has 0 aliphatic carbocycles. The first-order chi connectivity index (χ1) is 10.1. The quantitative estimate of drug-likeness (QED) is 0.845. The van der Waals surface area contributed by atoms with Gasteiger partial charge in [-0.15, -0.1) is 0 Å². The van der Waals surface area contributed by atoms with Crippen molar-refractivity contribution >= 4 is 5.97 Å². The summed E-state index contributed by atoms with van der Waals surface area (Å²) in [6.07, 6.45) is 4.70. The van der Waals surface area contributed by atoms with Gasteiger partial charge in [0.25, 0.3) is 0 Å². The number of piperidine rings is 1. The lowest BCUT2D eigenvalue weighted by Gasteiger charge is -2.40. The predicted molar refractivity (Wildman–Crippen MR) is 83.8 cm³/mol. The Kier molecular flexibility index (Phi) is 5.37. The number of carbonyl (C=O) groups excluding carboxylic acids is 1. The Morgan fingerprint density at radius 2 is 2.10 bits per heavy atom. The molecule has 1 aromatic carbocycles. The normalized spacial score (nSPS) is 22.5. The van der Waals surface area contributed by atoms with Crippen molar-refractivity contribution in [2.75, 3.05) is 20.2 Å². The first-order valence-corrected chi connectivity index (χ1v) is 7.78. The molecule has 116 valence electrons. The summed E-state index contributed by atoms with van der Waals surface area (Å²) in [5.41, 5.74) is 6.23. The Morgan fingerprint density at radius 1 is 1.38 bits per heavy atom. The summed E-state index contributed by atoms with van der Waals surface area (Å²) < 4.78 is 4.99. The molecule has 0 radical (unpaired) electrons. The maximum absolute atomic E-state index is 12.3. The average Bonchev–Trinajstić information content (AvgIpc) is 2.55. The van der Waals surface area contributed by atoms with E-state index in [4.69, 9.17) is 10.5 Å². The van der Waals surface area contributed by atoms with Gasteiger partial charge in [0, 0.05) is 12.6 Å². The minimum atomic E-state index is -1.10. The van der Waals surface area contributed by atoms with Crippen LogP contribution in [-0.2, 0) is 15.1 Å². The first kappa shape index (κ1) is 16.0. The highest BCUT2D eigenvalue weighted by molar-refractivity contribution is 5.82. The molecule has 21 heavy (non-hydrogen) atoms. The summed E-state index contributed by atoms with van der Waals surface area (Å²) >= 11 is 0. The van der Waals surface area contributed by atoms with Crippen molar-refractivity contribution in [3.8, 4) is 0 Å². The number of hydrogen-bond donors (Lipinski definition) is 1. The van der Waals surface area contributed by atoms with E-state index in [0.29, 0.717) is 12.6 Å². The standard InChI is InChI=1S/C17H26N2O2/c1-3-15-11-7-8-12-19(15)13-17(18,16(20)21-2)14-9-5-4-6-10-14/h4-6,9-10,15H,3,7-8,11-13,18H2,1-2H3. The van der Waals surface area contributed by atoms with E-state index >= 15 is 0 Å². The van der Waals surface area contributed by atoms with Gasteiger partial charge in [0.2, 0.25) is 0 Å². The lowest BCUT2D eigenvalue weighted by atomic mass is 9.88. The average molecular weight is 290 g/mol. The maximum atomic E-state index is 12.3. The lowest BCUT2D eigenvalue weighted by molar-refractivity contribution is -0.148. The van der Waals surface area contributed by atoms with Gasteiger partial charge in [-0.25, -0.2) is 4.79 Å². The van der Waals surface area contributed by atoms with E-state index in [9.17, 15) is 4.79 Å². The molecule has 2 unspecified atom stereocenters. The molecule has 2 N–H and O–H groups in total. The number of benzene rings is 1. The molecule has 2 rings (SSSR count). The Morgan fingerprint density at radius 3 is 2.71 bits per heavy atom. The monoisotopic (exact) mass is 290 g/mol. The van der Waals surface area contributed by atoms with E-state index in [2.05, 4.69) is 11.8 Å². The minimum Gasteiger partial charge on any atom is -0.467 e. The molecule has 1 aliphatic heterocycles. The summed E-state index contributed by atoms with van der Waals surface area (Å²) in [5, 5.41) is 0. The molecule has 1 heterocycles. The molecule has 1 aliphatic rings. The lowest BCUT2D eigenvalue weighted by Crippen LogP contribution is -2.56. The molecule has 0 amide bonds. The van der Waals surface area contributed by atoms with Crippen LogP contribution in [0, 0.1) is 0 Å². The summed E-state index contributed by atoms with van der Waals surface area (Å²) in [7, 11) is 1.40. The maximum Gasteiger partial charge on any atom is 0.331 e. The smallest absolute Gasteiger partial charge is 0.331 e. The number of esters is 1. The fourth-order valence-electron chi connectivity index (χ4n) is 3.24. The second-order valence-electron chi connectivity index (χ2n) is 5.86. The van der Waals surface area contributed by atoms with Gasteiger partial charge in [0.05, 0.1) is 7.11 Å². The van der Waals surface area contributed by atoms with E-state index in [-0.39, 0.29) is 5.97 Å². The minimum absolute atomic E-state index is 0.367. The summed E-state index contributed by atoms with van der Waals surface area (Å²) in [4.78, 5) is 14.7. The largest absolute Gasteiger partial charge is 0.467 e. The fraction of sp³-hybridized carbons (Fsp3) is 0.588. The van der Waals surface area contributed by atoms with Crippen molar-refractivity contribution in [3.63, 3.8) is 0 Å².